The molecule has 1 aromatic rings. The van der Waals surface area contributed by atoms with Gasteiger partial charge in [-0.05, 0) is 77.3 Å². The Hall–Kier alpha value is -1.40. The van der Waals surface area contributed by atoms with Gasteiger partial charge in [0.15, 0.2) is 0 Å². The van der Waals surface area contributed by atoms with E-state index in [1.165, 1.54) is 62.1 Å². The minimum absolute atomic E-state index is 0.317. The Morgan fingerprint density at radius 1 is 0.931 bits per heavy atom. The monoisotopic (exact) mass is 401 g/mol. The van der Waals surface area contributed by atoms with Crippen molar-refractivity contribution in [2.45, 2.75) is 76.7 Å². The van der Waals surface area contributed by atoms with Crippen molar-refractivity contribution < 1.29 is 5.11 Å². The smallest absolute Gasteiger partial charge is 0.225 e. The predicted molar refractivity (Wildman–Crippen MR) is 119 cm³/mol. The molecule has 0 spiro atoms. The first-order valence-electron chi connectivity index (χ1n) is 11.9. The second-order valence-corrected chi connectivity index (χ2v) is 9.42. The van der Waals surface area contributed by atoms with Gasteiger partial charge < -0.3 is 20.2 Å². The zero-order valence-corrected chi connectivity index (χ0v) is 18.2. The van der Waals surface area contributed by atoms with Crippen molar-refractivity contribution in [3.05, 3.63) is 11.3 Å². The number of anilines is 2. The Morgan fingerprint density at radius 3 is 2.59 bits per heavy atom. The fraction of sp³-hybridized carbons (Fsp3) is 0.826. The summed E-state index contributed by atoms with van der Waals surface area (Å²) < 4.78 is 0. The number of fused-ring (bicyclic) bond motifs is 1. The highest BCUT2D eigenvalue weighted by molar-refractivity contribution is 5.53. The number of rotatable bonds is 4. The lowest BCUT2D eigenvalue weighted by Crippen LogP contribution is -2.40. The zero-order chi connectivity index (χ0) is 20.1. The van der Waals surface area contributed by atoms with Crippen LogP contribution in [0.1, 0.15) is 69.0 Å². The highest BCUT2D eigenvalue weighted by atomic mass is 16.3. The van der Waals surface area contributed by atoms with Crippen LogP contribution in [0.2, 0.25) is 0 Å². The van der Waals surface area contributed by atoms with Crippen LogP contribution >= 0.6 is 0 Å². The summed E-state index contributed by atoms with van der Waals surface area (Å²) in [4.78, 5) is 15.1. The van der Waals surface area contributed by atoms with Gasteiger partial charge in [0.2, 0.25) is 5.95 Å². The number of likely N-dealkylation sites (N-methyl/N-ethyl adjacent to an activating group) is 1. The van der Waals surface area contributed by atoms with Gasteiger partial charge in [-0.15, -0.1) is 0 Å². The number of aryl methyl sites for hydroxylation is 1. The van der Waals surface area contributed by atoms with E-state index in [4.69, 9.17) is 9.97 Å². The van der Waals surface area contributed by atoms with Gasteiger partial charge in [0.25, 0.3) is 0 Å². The highest BCUT2D eigenvalue weighted by Gasteiger charge is 2.25. The van der Waals surface area contributed by atoms with E-state index < -0.39 is 0 Å². The first-order chi connectivity index (χ1) is 14.2. The maximum atomic E-state index is 9.62. The number of aliphatic hydroxyl groups excluding tert-OH is 1. The molecule has 0 aromatic carbocycles. The first-order valence-corrected chi connectivity index (χ1v) is 11.9. The highest BCUT2D eigenvalue weighted by Crippen LogP contribution is 2.31. The second-order valence-electron chi connectivity index (χ2n) is 9.42. The Kier molecular flexibility index (Phi) is 7.24. The molecule has 0 bridgehead atoms. The molecule has 29 heavy (non-hydrogen) atoms. The largest absolute Gasteiger partial charge is 0.396 e. The topological polar surface area (TPSA) is 64.5 Å². The van der Waals surface area contributed by atoms with Crippen molar-refractivity contribution in [3.63, 3.8) is 0 Å². The summed E-state index contributed by atoms with van der Waals surface area (Å²) in [6, 6.07) is 0.441. The van der Waals surface area contributed by atoms with Crippen LogP contribution in [0.3, 0.4) is 0 Å². The van der Waals surface area contributed by atoms with Crippen LogP contribution in [0.25, 0.3) is 0 Å². The first kappa shape index (κ1) is 20.9. The van der Waals surface area contributed by atoms with Crippen molar-refractivity contribution >= 4 is 11.8 Å². The number of likely N-dealkylation sites (tertiary alicyclic amines) is 1. The van der Waals surface area contributed by atoms with Crippen molar-refractivity contribution in [3.8, 4) is 0 Å². The third kappa shape index (κ3) is 5.40. The molecule has 2 saturated heterocycles. The Morgan fingerprint density at radius 2 is 1.76 bits per heavy atom. The summed E-state index contributed by atoms with van der Waals surface area (Å²) in [5, 5.41) is 13.3. The number of piperidine rings is 1. The lowest BCUT2D eigenvalue weighted by Gasteiger charge is -2.31. The van der Waals surface area contributed by atoms with E-state index in [0.717, 1.165) is 57.7 Å². The molecule has 0 amide bonds. The number of nitrogens with zero attached hydrogens (tertiary/aromatic N) is 4. The Bertz CT molecular complexity index is 667. The predicted octanol–water partition coefficient (Wildman–Crippen LogP) is 3.24. The van der Waals surface area contributed by atoms with Gasteiger partial charge in [-0.25, -0.2) is 4.98 Å². The van der Waals surface area contributed by atoms with E-state index in [1.807, 2.05) is 0 Å². The van der Waals surface area contributed by atoms with Crippen LogP contribution in [0, 0.1) is 5.92 Å². The molecule has 1 aromatic heterocycles. The van der Waals surface area contributed by atoms with E-state index >= 15 is 0 Å². The normalized spacial score (nSPS) is 26.9. The maximum absolute atomic E-state index is 9.62. The van der Waals surface area contributed by atoms with Crippen molar-refractivity contribution in [2.75, 3.05) is 50.1 Å². The van der Waals surface area contributed by atoms with E-state index in [9.17, 15) is 5.11 Å². The summed E-state index contributed by atoms with van der Waals surface area (Å²) in [5.41, 5.74) is 2.68. The van der Waals surface area contributed by atoms with E-state index in [1.54, 1.807) is 0 Å². The minimum atomic E-state index is 0.317. The molecule has 6 heteroatoms. The van der Waals surface area contributed by atoms with Gasteiger partial charge in [0.05, 0.1) is 5.69 Å². The average Bonchev–Trinajstić information content (AvgIpc) is 2.94. The van der Waals surface area contributed by atoms with E-state index in [0.29, 0.717) is 18.6 Å². The quantitative estimate of drug-likeness (QED) is 0.808. The molecule has 2 N–H and O–H groups in total. The Labute approximate surface area is 176 Å². The summed E-state index contributed by atoms with van der Waals surface area (Å²) in [6.07, 6.45) is 13.1. The number of nitrogens with one attached hydrogen (secondary N) is 1. The molecule has 0 radical (unpaired) electrons. The molecule has 162 valence electrons. The fourth-order valence-electron chi connectivity index (χ4n) is 5.28. The molecular weight excluding hydrogens is 362 g/mol. The summed E-state index contributed by atoms with van der Waals surface area (Å²) in [7, 11) is 2.20. The van der Waals surface area contributed by atoms with Gasteiger partial charge in [-0.3, -0.25) is 0 Å². The average molecular weight is 402 g/mol. The van der Waals surface area contributed by atoms with Crippen LogP contribution in [0.15, 0.2) is 0 Å². The number of hydrogen-bond donors (Lipinski definition) is 2. The molecule has 4 rings (SSSR count). The third-order valence-corrected chi connectivity index (χ3v) is 7.02. The SMILES string of the molecule is CN1CCCC(Nc2nc3c(c(N4CCCC(CO)CC4)n2)CCCCCC3)C1. The third-order valence-electron chi connectivity index (χ3n) is 7.02. The van der Waals surface area contributed by atoms with Crippen LogP contribution in [-0.4, -0.2) is 65.8 Å². The van der Waals surface area contributed by atoms with E-state index in [-0.39, 0.29) is 0 Å². The molecule has 2 fully saturated rings. The summed E-state index contributed by atoms with van der Waals surface area (Å²) >= 11 is 0. The summed E-state index contributed by atoms with van der Waals surface area (Å²) in [5.74, 6) is 2.46. The summed E-state index contributed by atoms with van der Waals surface area (Å²) in [6.45, 7) is 4.62. The van der Waals surface area contributed by atoms with Crippen LogP contribution < -0.4 is 10.2 Å². The van der Waals surface area contributed by atoms with Gasteiger partial charge in [0.1, 0.15) is 5.82 Å². The van der Waals surface area contributed by atoms with Crippen LogP contribution in [0.4, 0.5) is 11.8 Å². The van der Waals surface area contributed by atoms with Gasteiger partial charge >= 0.3 is 0 Å². The number of aliphatic hydroxyl groups is 1. The van der Waals surface area contributed by atoms with Crippen molar-refractivity contribution in [2.24, 2.45) is 5.92 Å². The molecule has 2 unspecified atom stereocenters. The van der Waals surface area contributed by atoms with Crippen molar-refractivity contribution in [1.82, 2.24) is 14.9 Å². The Balaban J connectivity index is 1.61. The molecular formula is C23H39N5O. The lowest BCUT2D eigenvalue weighted by atomic mass is 9.97. The maximum Gasteiger partial charge on any atom is 0.225 e. The number of aromatic nitrogens is 2. The second kappa shape index (κ2) is 10.1. The molecule has 0 saturated carbocycles. The van der Waals surface area contributed by atoms with Gasteiger partial charge in [0, 0.05) is 37.8 Å². The standard InChI is InChI=1S/C23H39N5O/c1-27-13-7-9-19(16-27)24-23-25-21-11-5-3-2-4-10-20(21)22(26-23)28-14-6-8-18(17-29)12-15-28/h18-19,29H,2-17H2,1H3,(H,24,25,26). The molecule has 6 nitrogen and oxygen atoms in total. The van der Waals surface area contributed by atoms with Gasteiger partial charge in [-0.2, -0.15) is 4.98 Å². The van der Waals surface area contributed by atoms with Gasteiger partial charge in [-0.1, -0.05) is 12.8 Å². The van der Waals surface area contributed by atoms with Crippen LogP contribution in [-0.2, 0) is 12.8 Å². The molecule has 1 aliphatic carbocycles. The number of hydrogen-bond acceptors (Lipinski definition) is 6. The minimum Gasteiger partial charge on any atom is -0.396 e. The fourth-order valence-corrected chi connectivity index (χ4v) is 5.28. The zero-order valence-electron chi connectivity index (χ0n) is 18.2. The molecule has 2 aliphatic heterocycles. The van der Waals surface area contributed by atoms with Crippen LogP contribution in [0.5, 0.6) is 0 Å². The molecule has 3 heterocycles. The van der Waals surface area contributed by atoms with Crippen molar-refractivity contribution in [1.29, 1.82) is 0 Å². The molecule has 2 atom stereocenters. The molecule has 3 aliphatic rings. The lowest BCUT2D eigenvalue weighted by molar-refractivity contribution is 0.215. The van der Waals surface area contributed by atoms with E-state index in [2.05, 4.69) is 22.2 Å².